The Morgan fingerprint density at radius 2 is 2.00 bits per heavy atom. The number of nitrogens with one attached hydrogen (secondary N) is 1. The highest BCUT2D eigenvalue weighted by Gasteiger charge is 2.34. The Labute approximate surface area is 148 Å². The van der Waals surface area contributed by atoms with Gasteiger partial charge in [-0.1, -0.05) is 25.3 Å². The van der Waals surface area contributed by atoms with Crippen LogP contribution in [0.1, 0.15) is 37.8 Å². The van der Waals surface area contributed by atoms with Gasteiger partial charge in [-0.2, -0.15) is 0 Å². The van der Waals surface area contributed by atoms with Crippen LogP contribution in [-0.4, -0.2) is 27.4 Å². The summed E-state index contributed by atoms with van der Waals surface area (Å²) in [5, 5.41) is 2.97. The first kappa shape index (κ1) is 19.7. The van der Waals surface area contributed by atoms with Gasteiger partial charge in [-0.3, -0.25) is 4.79 Å². The van der Waals surface area contributed by atoms with Crippen molar-refractivity contribution in [2.75, 3.05) is 6.54 Å². The van der Waals surface area contributed by atoms with Crippen LogP contribution in [0.3, 0.4) is 0 Å². The second kappa shape index (κ2) is 8.52. The SMILES string of the molecule is Cl.Cl.NC1(C(=O)NCCc2cn3ccccc3n2)CCCCC1. The van der Waals surface area contributed by atoms with Crippen LogP contribution in [-0.2, 0) is 11.2 Å². The monoisotopic (exact) mass is 358 g/mol. The normalized spacial score (nSPS) is 16.2. The third-order valence-electron chi connectivity index (χ3n) is 4.28. The quantitative estimate of drug-likeness (QED) is 0.881. The summed E-state index contributed by atoms with van der Waals surface area (Å²) in [6, 6.07) is 5.91. The van der Waals surface area contributed by atoms with Crippen molar-refractivity contribution in [3.8, 4) is 0 Å². The molecule has 23 heavy (non-hydrogen) atoms. The molecule has 1 fully saturated rings. The molecule has 128 valence electrons. The van der Waals surface area contributed by atoms with Crippen LogP contribution < -0.4 is 11.1 Å². The summed E-state index contributed by atoms with van der Waals surface area (Å²) in [5.74, 6) is -0.00837. The number of hydrogen-bond donors (Lipinski definition) is 2. The molecule has 0 spiro atoms. The molecule has 0 aliphatic heterocycles. The maximum Gasteiger partial charge on any atom is 0.240 e. The zero-order chi connectivity index (χ0) is 14.7. The maximum atomic E-state index is 12.2. The Morgan fingerprint density at radius 1 is 1.26 bits per heavy atom. The van der Waals surface area contributed by atoms with Crippen LogP contribution in [0, 0.1) is 0 Å². The van der Waals surface area contributed by atoms with Crippen LogP contribution >= 0.6 is 24.8 Å². The summed E-state index contributed by atoms with van der Waals surface area (Å²) in [5.41, 5.74) is 7.47. The van der Waals surface area contributed by atoms with Gasteiger partial charge in [0.15, 0.2) is 0 Å². The van der Waals surface area contributed by atoms with E-state index in [0.29, 0.717) is 6.54 Å². The molecule has 2 aromatic rings. The van der Waals surface area contributed by atoms with Crippen molar-refractivity contribution in [3.63, 3.8) is 0 Å². The highest BCUT2D eigenvalue weighted by atomic mass is 35.5. The van der Waals surface area contributed by atoms with E-state index in [1.807, 2.05) is 35.0 Å². The molecule has 1 saturated carbocycles. The summed E-state index contributed by atoms with van der Waals surface area (Å²) < 4.78 is 1.99. The van der Waals surface area contributed by atoms with Gasteiger partial charge in [0.2, 0.25) is 5.91 Å². The maximum absolute atomic E-state index is 12.2. The Kier molecular flexibility index (Phi) is 7.32. The van der Waals surface area contributed by atoms with E-state index in [1.54, 1.807) is 0 Å². The van der Waals surface area contributed by atoms with E-state index in [9.17, 15) is 4.79 Å². The van der Waals surface area contributed by atoms with Gasteiger partial charge in [-0.05, 0) is 25.0 Å². The number of rotatable bonds is 4. The number of nitrogens with two attached hydrogens (primary N) is 1. The smallest absolute Gasteiger partial charge is 0.240 e. The minimum absolute atomic E-state index is 0. The second-order valence-corrected chi connectivity index (χ2v) is 5.92. The van der Waals surface area contributed by atoms with Crippen molar-refractivity contribution in [1.82, 2.24) is 14.7 Å². The molecule has 1 aliphatic rings. The van der Waals surface area contributed by atoms with Gasteiger partial charge < -0.3 is 15.5 Å². The lowest BCUT2D eigenvalue weighted by atomic mass is 9.82. The van der Waals surface area contributed by atoms with Crippen molar-refractivity contribution in [1.29, 1.82) is 0 Å². The minimum atomic E-state index is -0.656. The molecule has 1 amide bonds. The van der Waals surface area contributed by atoms with E-state index in [-0.39, 0.29) is 30.7 Å². The van der Waals surface area contributed by atoms with Crippen LogP contribution in [0.5, 0.6) is 0 Å². The van der Waals surface area contributed by atoms with Gasteiger partial charge in [-0.25, -0.2) is 4.98 Å². The third-order valence-corrected chi connectivity index (χ3v) is 4.28. The molecule has 0 bridgehead atoms. The van der Waals surface area contributed by atoms with E-state index in [1.165, 1.54) is 6.42 Å². The number of amides is 1. The van der Waals surface area contributed by atoms with Gasteiger partial charge in [0, 0.05) is 25.4 Å². The van der Waals surface area contributed by atoms with Crippen LogP contribution in [0.2, 0.25) is 0 Å². The van der Waals surface area contributed by atoms with E-state index < -0.39 is 5.54 Å². The molecule has 0 saturated heterocycles. The lowest BCUT2D eigenvalue weighted by Crippen LogP contribution is -2.55. The Hall–Kier alpha value is -1.30. The number of hydrogen-bond acceptors (Lipinski definition) is 3. The van der Waals surface area contributed by atoms with Crippen LogP contribution in [0.4, 0.5) is 0 Å². The Morgan fingerprint density at radius 3 is 2.70 bits per heavy atom. The molecule has 7 heteroatoms. The van der Waals surface area contributed by atoms with Gasteiger partial charge in [0.1, 0.15) is 5.65 Å². The van der Waals surface area contributed by atoms with Crippen molar-refractivity contribution in [2.24, 2.45) is 5.73 Å². The molecule has 0 radical (unpaired) electrons. The molecule has 1 aliphatic carbocycles. The predicted octanol–water partition coefficient (Wildman–Crippen LogP) is 2.50. The Bertz CT molecular complexity index is 605. The van der Waals surface area contributed by atoms with Gasteiger partial charge in [0.25, 0.3) is 0 Å². The number of nitrogens with zero attached hydrogens (tertiary/aromatic N) is 2. The van der Waals surface area contributed by atoms with Crippen LogP contribution in [0.15, 0.2) is 30.6 Å². The first-order valence-corrected chi connectivity index (χ1v) is 7.67. The van der Waals surface area contributed by atoms with Gasteiger partial charge in [-0.15, -0.1) is 24.8 Å². The second-order valence-electron chi connectivity index (χ2n) is 5.92. The molecule has 0 aromatic carbocycles. The standard InChI is InChI=1S/C16H22N4O.2ClH/c17-16(8-3-1-4-9-16)15(21)18-10-7-13-12-20-11-5-2-6-14(20)19-13;;/h2,5-6,11-12H,1,3-4,7-10,17H2,(H,18,21);2*1H. The molecule has 0 unspecified atom stereocenters. The summed E-state index contributed by atoms with van der Waals surface area (Å²) in [4.78, 5) is 16.7. The number of fused-ring (bicyclic) bond motifs is 1. The number of halogens is 2. The summed E-state index contributed by atoms with van der Waals surface area (Å²) >= 11 is 0. The first-order valence-electron chi connectivity index (χ1n) is 7.67. The molecule has 2 heterocycles. The van der Waals surface area contributed by atoms with Crippen LogP contribution in [0.25, 0.3) is 5.65 Å². The van der Waals surface area contributed by atoms with Crippen molar-refractivity contribution in [3.05, 3.63) is 36.3 Å². The van der Waals surface area contributed by atoms with E-state index >= 15 is 0 Å². The number of pyridine rings is 1. The van der Waals surface area contributed by atoms with Crippen molar-refractivity contribution < 1.29 is 4.79 Å². The first-order chi connectivity index (χ1) is 10.2. The minimum Gasteiger partial charge on any atom is -0.354 e. The van der Waals surface area contributed by atoms with E-state index in [4.69, 9.17) is 5.73 Å². The molecule has 5 nitrogen and oxygen atoms in total. The van der Waals surface area contributed by atoms with Crippen molar-refractivity contribution in [2.45, 2.75) is 44.1 Å². The number of carbonyl (C=O) groups is 1. The number of carbonyl (C=O) groups excluding carboxylic acids is 1. The Balaban J connectivity index is 0.00000132. The largest absolute Gasteiger partial charge is 0.354 e. The average molecular weight is 359 g/mol. The zero-order valence-corrected chi connectivity index (χ0v) is 14.7. The van der Waals surface area contributed by atoms with E-state index in [2.05, 4.69) is 10.3 Å². The highest BCUT2D eigenvalue weighted by molar-refractivity contribution is 5.86. The topological polar surface area (TPSA) is 72.4 Å². The summed E-state index contributed by atoms with van der Waals surface area (Å²) in [7, 11) is 0. The molecular weight excluding hydrogens is 335 g/mol. The lowest BCUT2D eigenvalue weighted by Gasteiger charge is -2.31. The van der Waals surface area contributed by atoms with Gasteiger partial charge >= 0.3 is 0 Å². The number of aromatic nitrogens is 2. The fraction of sp³-hybridized carbons (Fsp3) is 0.500. The predicted molar refractivity (Wildman–Crippen MR) is 96.4 cm³/mol. The van der Waals surface area contributed by atoms with Crippen molar-refractivity contribution >= 4 is 36.4 Å². The molecule has 3 N–H and O–H groups in total. The van der Waals surface area contributed by atoms with Gasteiger partial charge in [0.05, 0.1) is 11.2 Å². The summed E-state index contributed by atoms with van der Waals surface area (Å²) in [6.45, 7) is 0.585. The fourth-order valence-electron chi connectivity index (χ4n) is 3.00. The lowest BCUT2D eigenvalue weighted by molar-refractivity contribution is -0.127. The third kappa shape index (κ3) is 4.59. The summed E-state index contributed by atoms with van der Waals surface area (Å²) in [6.07, 6.45) is 9.59. The average Bonchev–Trinajstić information content (AvgIpc) is 2.90. The van der Waals surface area contributed by atoms with E-state index in [0.717, 1.165) is 43.4 Å². The highest BCUT2D eigenvalue weighted by Crippen LogP contribution is 2.25. The number of imidazole rings is 1. The molecule has 0 atom stereocenters. The molecule has 3 rings (SSSR count). The fourth-order valence-corrected chi connectivity index (χ4v) is 3.00. The molecule has 2 aromatic heterocycles. The molecular formula is C16H24Cl2N4O. The zero-order valence-electron chi connectivity index (χ0n) is 13.0.